The standard InChI is InChI=1S/C13H19BrN2/c1-10-3-4-12(9-13(10)14)16-7-5-11(2)15-6-8-16/h3-4,9,11,15H,5-8H2,1-2H3. The lowest BCUT2D eigenvalue weighted by Crippen LogP contribution is -2.28. The Morgan fingerprint density at radius 3 is 2.94 bits per heavy atom. The number of halogens is 1. The van der Waals surface area contributed by atoms with E-state index in [2.05, 4.69) is 58.2 Å². The van der Waals surface area contributed by atoms with Gasteiger partial charge in [-0.3, -0.25) is 0 Å². The highest BCUT2D eigenvalue weighted by Crippen LogP contribution is 2.24. The fourth-order valence-corrected chi connectivity index (χ4v) is 2.41. The molecule has 1 N–H and O–H groups in total. The first-order valence-corrected chi connectivity index (χ1v) is 6.70. The van der Waals surface area contributed by atoms with Gasteiger partial charge in [-0.15, -0.1) is 0 Å². The summed E-state index contributed by atoms with van der Waals surface area (Å²) in [6.45, 7) is 7.70. The second-order valence-electron chi connectivity index (χ2n) is 4.56. The number of hydrogen-bond acceptors (Lipinski definition) is 2. The third-order valence-electron chi connectivity index (χ3n) is 3.23. The Morgan fingerprint density at radius 1 is 1.38 bits per heavy atom. The zero-order valence-electron chi connectivity index (χ0n) is 9.96. The number of benzene rings is 1. The van der Waals surface area contributed by atoms with Crippen LogP contribution in [-0.4, -0.2) is 25.7 Å². The van der Waals surface area contributed by atoms with Crippen LogP contribution in [0, 0.1) is 6.92 Å². The molecule has 1 aromatic carbocycles. The van der Waals surface area contributed by atoms with Gasteiger partial charge in [-0.1, -0.05) is 22.0 Å². The number of rotatable bonds is 1. The molecule has 0 radical (unpaired) electrons. The molecule has 1 fully saturated rings. The fraction of sp³-hybridized carbons (Fsp3) is 0.538. The summed E-state index contributed by atoms with van der Waals surface area (Å²) in [7, 11) is 0. The summed E-state index contributed by atoms with van der Waals surface area (Å²) in [5.74, 6) is 0. The van der Waals surface area contributed by atoms with Crippen molar-refractivity contribution in [3.63, 3.8) is 0 Å². The van der Waals surface area contributed by atoms with Crippen LogP contribution in [0.25, 0.3) is 0 Å². The molecule has 88 valence electrons. The molecule has 1 aromatic rings. The van der Waals surface area contributed by atoms with Crippen molar-refractivity contribution in [2.24, 2.45) is 0 Å². The molecular formula is C13H19BrN2. The highest BCUT2D eigenvalue weighted by Gasteiger charge is 2.13. The molecule has 1 heterocycles. The minimum Gasteiger partial charge on any atom is -0.370 e. The van der Waals surface area contributed by atoms with Gasteiger partial charge in [0.05, 0.1) is 0 Å². The lowest BCUT2D eigenvalue weighted by Gasteiger charge is -2.23. The average Bonchev–Trinajstić information content (AvgIpc) is 2.47. The maximum absolute atomic E-state index is 3.60. The molecular weight excluding hydrogens is 264 g/mol. The predicted molar refractivity (Wildman–Crippen MR) is 73.2 cm³/mol. The molecule has 1 aliphatic rings. The van der Waals surface area contributed by atoms with Crippen LogP contribution in [0.15, 0.2) is 22.7 Å². The van der Waals surface area contributed by atoms with Crippen LogP contribution in [0.3, 0.4) is 0 Å². The zero-order valence-corrected chi connectivity index (χ0v) is 11.5. The molecule has 1 saturated heterocycles. The van der Waals surface area contributed by atoms with Gasteiger partial charge in [-0.25, -0.2) is 0 Å². The first-order valence-electron chi connectivity index (χ1n) is 5.91. The molecule has 0 bridgehead atoms. The van der Waals surface area contributed by atoms with Gasteiger partial charge in [0.15, 0.2) is 0 Å². The van der Waals surface area contributed by atoms with E-state index in [9.17, 15) is 0 Å². The van der Waals surface area contributed by atoms with E-state index in [0.717, 1.165) is 19.6 Å². The number of hydrogen-bond donors (Lipinski definition) is 1. The Bertz CT molecular complexity index is 365. The Morgan fingerprint density at radius 2 is 2.19 bits per heavy atom. The number of nitrogens with one attached hydrogen (secondary N) is 1. The molecule has 16 heavy (non-hydrogen) atoms. The maximum atomic E-state index is 3.60. The van der Waals surface area contributed by atoms with Gasteiger partial charge in [0.2, 0.25) is 0 Å². The highest BCUT2D eigenvalue weighted by atomic mass is 79.9. The molecule has 2 rings (SSSR count). The summed E-state index contributed by atoms with van der Waals surface area (Å²) in [6, 6.07) is 7.27. The molecule has 0 aliphatic carbocycles. The van der Waals surface area contributed by atoms with Gasteiger partial charge in [0, 0.05) is 35.8 Å². The van der Waals surface area contributed by atoms with Crippen LogP contribution in [0.4, 0.5) is 5.69 Å². The fourth-order valence-electron chi connectivity index (χ4n) is 2.05. The van der Waals surface area contributed by atoms with E-state index in [0.29, 0.717) is 6.04 Å². The Hall–Kier alpha value is -0.540. The van der Waals surface area contributed by atoms with Gasteiger partial charge in [-0.2, -0.15) is 0 Å². The van der Waals surface area contributed by atoms with Crippen LogP contribution in [0.5, 0.6) is 0 Å². The van der Waals surface area contributed by atoms with Crippen LogP contribution in [0.1, 0.15) is 18.9 Å². The van der Waals surface area contributed by atoms with Gasteiger partial charge in [0.25, 0.3) is 0 Å². The van der Waals surface area contributed by atoms with E-state index in [1.165, 1.54) is 22.1 Å². The summed E-state index contributed by atoms with van der Waals surface area (Å²) < 4.78 is 1.20. The van der Waals surface area contributed by atoms with E-state index in [4.69, 9.17) is 0 Å². The molecule has 2 nitrogen and oxygen atoms in total. The predicted octanol–water partition coefficient (Wildman–Crippen LogP) is 2.95. The van der Waals surface area contributed by atoms with Gasteiger partial charge >= 0.3 is 0 Å². The van der Waals surface area contributed by atoms with Crippen molar-refractivity contribution >= 4 is 21.6 Å². The van der Waals surface area contributed by atoms with Gasteiger partial charge in [0.1, 0.15) is 0 Å². The summed E-state index contributed by atoms with van der Waals surface area (Å²) >= 11 is 3.60. The second-order valence-corrected chi connectivity index (χ2v) is 5.42. The smallest absolute Gasteiger partial charge is 0.0378 e. The summed E-state index contributed by atoms with van der Waals surface area (Å²) in [5, 5.41) is 3.52. The Kier molecular flexibility index (Phi) is 3.87. The third kappa shape index (κ3) is 2.77. The van der Waals surface area contributed by atoms with Crippen molar-refractivity contribution in [3.05, 3.63) is 28.2 Å². The monoisotopic (exact) mass is 282 g/mol. The Balaban J connectivity index is 2.13. The van der Waals surface area contributed by atoms with E-state index in [1.807, 2.05) is 0 Å². The van der Waals surface area contributed by atoms with Crippen molar-refractivity contribution in [1.29, 1.82) is 0 Å². The van der Waals surface area contributed by atoms with E-state index < -0.39 is 0 Å². The van der Waals surface area contributed by atoms with E-state index in [-0.39, 0.29) is 0 Å². The topological polar surface area (TPSA) is 15.3 Å². The highest BCUT2D eigenvalue weighted by molar-refractivity contribution is 9.10. The lowest BCUT2D eigenvalue weighted by atomic mass is 10.2. The van der Waals surface area contributed by atoms with Crippen molar-refractivity contribution in [3.8, 4) is 0 Å². The maximum Gasteiger partial charge on any atom is 0.0378 e. The summed E-state index contributed by atoms with van der Waals surface area (Å²) in [5.41, 5.74) is 2.62. The molecule has 0 amide bonds. The van der Waals surface area contributed by atoms with Crippen LogP contribution in [-0.2, 0) is 0 Å². The summed E-state index contributed by atoms with van der Waals surface area (Å²) in [6.07, 6.45) is 1.21. The molecule has 1 atom stereocenters. The number of aryl methyl sites for hydroxylation is 1. The second kappa shape index (κ2) is 5.19. The minimum absolute atomic E-state index is 0.638. The quantitative estimate of drug-likeness (QED) is 0.852. The molecule has 3 heteroatoms. The van der Waals surface area contributed by atoms with Crippen molar-refractivity contribution in [1.82, 2.24) is 5.32 Å². The van der Waals surface area contributed by atoms with Crippen LogP contribution < -0.4 is 10.2 Å². The zero-order chi connectivity index (χ0) is 11.5. The largest absolute Gasteiger partial charge is 0.370 e. The van der Waals surface area contributed by atoms with Crippen molar-refractivity contribution in [2.75, 3.05) is 24.5 Å². The molecule has 0 spiro atoms. The minimum atomic E-state index is 0.638. The van der Waals surface area contributed by atoms with Crippen LogP contribution >= 0.6 is 15.9 Å². The molecule has 1 aliphatic heterocycles. The number of nitrogens with zero attached hydrogens (tertiary/aromatic N) is 1. The van der Waals surface area contributed by atoms with E-state index >= 15 is 0 Å². The first kappa shape index (κ1) is 11.9. The van der Waals surface area contributed by atoms with Crippen molar-refractivity contribution < 1.29 is 0 Å². The van der Waals surface area contributed by atoms with Crippen molar-refractivity contribution in [2.45, 2.75) is 26.3 Å². The molecule has 0 aromatic heterocycles. The normalized spacial score (nSPS) is 21.9. The first-order chi connectivity index (χ1) is 7.66. The number of anilines is 1. The van der Waals surface area contributed by atoms with Gasteiger partial charge in [-0.05, 0) is 38.0 Å². The van der Waals surface area contributed by atoms with E-state index in [1.54, 1.807) is 0 Å². The molecule has 0 saturated carbocycles. The third-order valence-corrected chi connectivity index (χ3v) is 4.08. The van der Waals surface area contributed by atoms with Crippen LogP contribution in [0.2, 0.25) is 0 Å². The average molecular weight is 283 g/mol. The van der Waals surface area contributed by atoms with Gasteiger partial charge < -0.3 is 10.2 Å². The SMILES string of the molecule is Cc1ccc(N2CCNC(C)CC2)cc1Br. The summed E-state index contributed by atoms with van der Waals surface area (Å²) in [4.78, 5) is 2.46. The molecule has 1 unspecified atom stereocenters. The lowest BCUT2D eigenvalue weighted by molar-refractivity contribution is 0.566. The Labute approximate surface area is 106 Å².